The van der Waals surface area contributed by atoms with E-state index in [2.05, 4.69) is 25.4 Å². The lowest BCUT2D eigenvalue weighted by molar-refractivity contribution is 0.0790. The van der Waals surface area contributed by atoms with E-state index in [1.54, 1.807) is 14.0 Å². The molecule has 0 saturated heterocycles. The molecule has 2 aromatic heterocycles. The molecule has 1 atom stereocenters. The summed E-state index contributed by atoms with van der Waals surface area (Å²) in [5.74, 6) is -0.394. The number of nitrogens with one attached hydrogen (secondary N) is 1. The summed E-state index contributed by atoms with van der Waals surface area (Å²) in [5.41, 5.74) is 0.950. The van der Waals surface area contributed by atoms with Gasteiger partial charge in [0.25, 0.3) is 11.8 Å². The Morgan fingerprint density at radius 1 is 1.26 bits per heavy atom. The predicted octanol–water partition coefficient (Wildman–Crippen LogP) is 2.17. The van der Waals surface area contributed by atoms with Crippen LogP contribution in [0, 0.1) is 11.3 Å². The molecule has 0 aliphatic rings. The molecule has 0 bridgehead atoms. The Morgan fingerprint density at radius 3 is 2.71 bits per heavy atom. The van der Waals surface area contributed by atoms with E-state index in [-0.39, 0.29) is 27.9 Å². The number of hydrogen-bond acceptors (Lipinski definition) is 7. The predicted molar refractivity (Wildman–Crippen MR) is 112 cm³/mol. The van der Waals surface area contributed by atoms with Crippen LogP contribution in [0.15, 0.2) is 36.9 Å². The standard InChI is InChI=1S/C20H19ClN8O2/c1-4-28(3)20(31)17-25-11-29(27-17)18-16(23-5-6-24-18)12(2)26-19(30)14-7-13(10-22)8-15(21)9-14/h5-9,11-12H,4H2,1-3H3,(H,26,30). The molecule has 0 spiro atoms. The van der Waals surface area contributed by atoms with Crippen LogP contribution in [0.1, 0.15) is 52.1 Å². The first-order valence-electron chi connectivity index (χ1n) is 9.34. The van der Waals surface area contributed by atoms with Gasteiger partial charge in [0.05, 0.1) is 17.7 Å². The molecule has 0 aliphatic carbocycles. The summed E-state index contributed by atoms with van der Waals surface area (Å²) in [6.45, 7) is 4.10. The first-order valence-corrected chi connectivity index (χ1v) is 9.71. The van der Waals surface area contributed by atoms with Crippen molar-refractivity contribution in [3.8, 4) is 11.9 Å². The number of hydrogen-bond donors (Lipinski definition) is 1. The van der Waals surface area contributed by atoms with Crippen LogP contribution in [-0.2, 0) is 0 Å². The number of carbonyl (C=O) groups is 2. The highest BCUT2D eigenvalue weighted by Crippen LogP contribution is 2.19. The normalized spacial score (nSPS) is 11.5. The summed E-state index contributed by atoms with van der Waals surface area (Å²) in [6.07, 6.45) is 4.34. The van der Waals surface area contributed by atoms with Gasteiger partial charge in [0.15, 0.2) is 5.82 Å². The van der Waals surface area contributed by atoms with Crippen LogP contribution in [-0.4, -0.2) is 55.0 Å². The van der Waals surface area contributed by atoms with Crippen molar-refractivity contribution in [2.45, 2.75) is 19.9 Å². The zero-order valence-corrected chi connectivity index (χ0v) is 17.8. The Kier molecular flexibility index (Phi) is 6.57. The number of nitrogens with zero attached hydrogens (tertiary/aromatic N) is 7. The molecule has 0 aliphatic heterocycles. The number of amides is 2. The maximum atomic E-state index is 12.7. The molecule has 10 nitrogen and oxygen atoms in total. The molecular formula is C20H19ClN8O2. The number of benzene rings is 1. The van der Waals surface area contributed by atoms with E-state index in [9.17, 15) is 9.59 Å². The maximum absolute atomic E-state index is 12.7. The molecule has 1 N–H and O–H groups in total. The Hall–Kier alpha value is -3.84. The third kappa shape index (κ3) is 4.84. The van der Waals surface area contributed by atoms with Crippen molar-refractivity contribution >= 4 is 23.4 Å². The van der Waals surface area contributed by atoms with Gasteiger partial charge in [-0.25, -0.2) is 9.97 Å². The van der Waals surface area contributed by atoms with Crippen LogP contribution in [0.3, 0.4) is 0 Å². The van der Waals surface area contributed by atoms with Crippen molar-refractivity contribution in [2.75, 3.05) is 13.6 Å². The fourth-order valence-corrected chi connectivity index (χ4v) is 2.97. The first kappa shape index (κ1) is 21.9. The van der Waals surface area contributed by atoms with Crippen molar-refractivity contribution in [2.24, 2.45) is 0 Å². The molecule has 2 amide bonds. The summed E-state index contributed by atoms with van der Waals surface area (Å²) in [6, 6.07) is 5.80. The topological polar surface area (TPSA) is 130 Å². The van der Waals surface area contributed by atoms with E-state index in [1.807, 2.05) is 13.0 Å². The molecule has 31 heavy (non-hydrogen) atoms. The second kappa shape index (κ2) is 9.32. The molecule has 3 aromatic rings. The van der Waals surface area contributed by atoms with E-state index in [0.717, 1.165) is 0 Å². The van der Waals surface area contributed by atoms with Crippen LogP contribution in [0.2, 0.25) is 5.02 Å². The minimum absolute atomic E-state index is 0.0283. The summed E-state index contributed by atoms with van der Waals surface area (Å²) in [7, 11) is 1.65. The third-order valence-corrected chi connectivity index (χ3v) is 4.69. The molecular weight excluding hydrogens is 420 g/mol. The van der Waals surface area contributed by atoms with Crippen LogP contribution in [0.5, 0.6) is 0 Å². The summed E-state index contributed by atoms with van der Waals surface area (Å²) < 4.78 is 1.34. The molecule has 1 unspecified atom stereocenters. The van der Waals surface area contributed by atoms with Crippen LogP contribution in [0.4, 0.5) is 0 Å². The van der Waals surface area contributed by atoms with Crippen molar-refractivity contribution in [1.82, 2.24) is 34.9 Å². The Labute approximate surface area is 183 Å². The quantitative estimate of drug-likeness (QED) is 0.624. The number of halogens is 1. The summed E-state index contributed by atoms with van der Waals surface area (Å²) in [5, 5.41) is 16.4. The number of nitriles is 1. The van der Waals surface area contributed by atoms with E-state index in [4.69, 9.17) is 16.9 Å². The molecule has 1 aromatic carbocycles. The van der Waals surface area contributed by atoms with Crippen LogP contribution >= 0.6 is 11.6 Å². The average Bonchev–Trinajstić information content (AvgIpc) is 3.27. The lowest BCUT2D eigenvalue weighted by Gasteiger charge is -2.16. The van der Waals surface area contributed by atoms with Crippen molar-refractivity contribution < 1.29 is 9.59 Å². The second-order valence-electron chi connectivity index (χ2n) is 6.63. The summed E-state index contributed by atoms with van der Waals surface area (Å²) >= 11 is 5.99. The van der Waals surface area contributed by atoms with E-state index >= 15 is 0 Å². The number of aromatic nitrogens is 5. The highest BCUT2D eigenvalue weighted by atomic mass is 35.5. The van der Waals surface area contributed by atoms with Gasteiger partial charge in [-0.05, 0) is 32.0 Å². The van der Waals surface area contributed by atoms with Gasteiger partial charge in [0, 0.05) is 36.6 Å². The van der Waals surface area contributed by atoms with Crippen LogP contribution in [0.25, 0.3) is 5.82 Å². The Bertz CT molecular complexity index is 1170. The second-order valence-corrected chi connectivity index (χ2v) is 7.07. The monoisotopic (exact) mass is 438 g/mol. The van der Waals surface area contributed by atoms with Gasteiger partial charge >= 0.3 is 0 Å². The lowest BCUT2D eigenvalue weighted by Crippen LogP contribution is -2.29. The SMILES string of the molecule is CCN(C)C(=O)c1ncn(-c2nccnc2C(C)NC(=O)c2cc(Cl)cc(C#N)c2)n1. The van der Waals surface area contributed by atoms with Gasteiger partial charge < -0.3 is 10.2 Å². The van der Waals surface area contributed by atoms with Crippen molar-refractivity contribution in [1.29, 1.82) is 5.26 Å². The molecule has 0 radical (unpaired) electrons. The minimum Gasteiger partial charge on any atom is -0.344 e. The molecule has 3 rings (SSSR count). The fraction of sp³-hybridized carbons (Fsp3) is 0.250. The van der Waals surface area contributed by atoms with Gasteiger partial charge in [-0.2, -0.15) is 9.94 Å². The maximum Gasteiger partial charge on any atom is 0.293 e. The minimum atomic E-state index is -0.567. The Morgan fingerprint density at radius 2 is 2.00 bits per heavy atom. The zero-order valence-electron chi connectivity index (χ0n) is 17.1. The Balaban J connectivity index is 1.86. The number of carbonyl (C=O) groups excluding carboxylic acids is 2. The molecule has 0 fully saturated rings. The lowest BCUT2D eigenvalue weighted by atomic mass is 10.1. The van der Waals surface area contributed by atoms with Crippen molar-refractivity contribution in [3.05, 3.63) is 64.6 Å². The van der Waals surface area contributed by atoms with Gasteiger partial charge in [0.2, 0.25) is 5.82 Å². The first-order chi connectivity index (χ1) is 14.8. The fourth-order valence-electron chi connectivity index (χ4n) is 2.73. The highest BCUT2D eigenvalue weighted by Gasteiger charge is 2.21. The van der Waals surface area contributed by atoms with Crippen LogP contribution < -0.4 is 5.32 Å². The van der Waals surface area contributed by atoms with E-state index in [1.165, 1.54) is 46.5 Å². The van der Waals surface area contributed by atoms with Gasteiger partial charge in [0.1, 0.15) is 12.0 Å². The van der Waals surface area contributed by atoms with E-state index in [0.29, 0.717) is 18.1 Å². The van der Waals surface area contributed by atoms with Gasteiger partial charge in [-0.1, -0.05) is 11.6 Å². The van der Waals surface area contributed by atoms with Crippen molar-refractivity contribution in [3.63, 3.8) is 0 Å². The molecule has 158 valence electrons. The van der Waals surface area contributed by atoms with Gasteiger partial charge in [-0.15, -0.1) is 5.10 Å². The molecule has 0 saturated carbocycles. The van der Waals surface area contributed by atoms with E-state index < -0.39 is 11.9 Å². The number of rotatable bonds is 6. The smallest absolute Gasteiger partial charge is 0.293 e. The molecule has 2 heterocycles. The zero-order chi connectivity index (χ0) is 22.5. The average molecular weight is 439 g/mol. The van der Waals surface area contributed by atoms with Gasteiger partial charge in [-0.3, -0.25) is 14.6 Å². The molecule has 11 heteroatoms. The largest absolute Gasteiger partial charge is 0.344 e. The summed E-state index contributed by atoms with van der Waals surface area (Å²) in [4.78, 5) is 39.1. The third-order valence-electron chi connectivity index (χ3n) is 4.47. The highest BCUT2D eigenvalue weighted by molar-refractivity contribution is 6.31.